The standard InChI is InChI=1S/C16H16N4O4S/c1-11-9-14(19-5-7-24-8-6-19)18-16(17-11)25-15(21)12-3-2-4-13(10-12)20(22)23/h2-4,9-10H,5-8H2,1H3. The summed E-state index contributed by atoms with van der Waals surface area (Å²) in [5.74, 6) is 0.755. The van der Waals surface area contributed by atoms with Gasteiger partial charge in [-0.15, -0.1) is 0 Å². The lowest BCUT2D eigenvalue weighted by atomic mass is 10.2. The van der Waals surface area contributed by atoms with Crippen LogP contribution in [-0.2, 0) is 4.74 Å². The van der Waals surface area contributed by atoms with Gasteiger partial charge in [0.1, 0.15) is 5.82 Å². The number of aryl methyl sites for hydroxylation is 1. The minimum absolute atomic E-state index is 0.120. The summed E-state index contributed by atoms with van der Waals surface area (Å²) >= 11 is 0.868. The minimum atomic E-state index is -0.527. The summed E-state index contributed by atoms with van der Waals surface area (Å²) in [6, 6.07) is 7.51. The first-order valence-electron chi connectivity index (χ1n) is 7.68. The number of hydrogen-bond acceptors (Lipinski definition) is 8. The molecule has 1 saturated heterocycles. The fraction of sp³-hybridized carbons (Fsp3) is 0.312. The van der Waals surface area contributed by atoms with Gasteiger partial charge < -0.3 is 9.64 Å². The number of hydrogen-bond donors (Lipinski definition) is 0. The molecule has 0 unspecified atom stereocenters. The summed E-state index contributed by atoms with van der Waals surface area (Å²) in [5.41, 5.74) is 0.883. The molecule has 1 aromatic carbocycles. The average Bonchev–Trinajstić information content (AvgIpc) is 2.62. The molecule has 0 bridgehead atoms. The number of thioether (sulfide) groups is 1. The third kappa shape index (κ3) is 4.31. The van der Waals surface area contributed by atoms with Crippen LogP contribution in [0.2, 0.25) is 0 Å². The molecule has 0 radical (unpaired) electrons. The molecule has 3 rings (SSSR count). The summed E-state index contributed by atoms with van der Waals surface area (Å²) in [5, 5.41) is 10.8. The Morgan fingerprint density at radius 2 is 2.04 bits per heavy atom. The second-order valence-corrected chi connectivity index (χ2v) is 6.39. The van der Waals surface area contributed by atoms with Crippen molar-refractivity contribution in [1.82, 2.24) is 9.97 Å². The van der Waals surface area contributed by atoms with Crippen molar-refractivity contribution in [2.75, 3.05) is 31.2 Å². The van der Waals surface area contributed by atoms with E-state index in [9.17, 15) is 14.9 Å². The predicted molar refractivity (Wildman–Crippen MR) is 93.1 cm³/mol. The van der Waals surface area contributed by atoms with Crippen molar-refractivity contribution in [3.05, 3.63) is 51.7 Å². The van der Waals surface area contributed by atoms with Crippen LogP contribution in [0.5, 0.6) is 0 Å². The van der Waals surface area contributed by atoms with Crippen molar-refractivity contribution in [1.29, 1.82) is 0 Å². The fourth-order valence-electron chi connectivity index (χ4n) is 2.41. The maximum absolute atomic E-state index is 12.4. The number of benzene rings is 1. The molecule has 8 nitrogen and oxygen atoms in total. The Labute approximate surface area is 148 Å². The SMILES string of the molecule is Cc1cc(N2CCOCC2)nc(SC(=O)c2cccc([N+](=O)[O-])c2)n1. The molecule has 0 atom stereocenters. The van der Waals surface area contributed by atoms with Crippen molar-refractivity contribution in [3.63, 3.8) is 0 Å². The highest BCUT2D eigenvalue weighted by Gasteiger charge is 2.18. The number of rotatable bonds is 4. The number of nitrogens with zero attached hydrogens (tertiary/aromatic N) is 4. The average molecular weight is 360 g/mol. The number of nitro benzene ring substituents is 1. The molecule has 2 heterocycles. The van der Waals surface area contributed by atoms with E-state index in [-0.39, 0.29) is 16.4 Å². The van der Waals surface area contributed by atoms with Crippen LogP contribution in [-0.4, -0.2) is 46.3 Å². The highest BCUT2D eigenvalue weighted by atomic mass is 32.2. The van der Waals surface area contributed by atoms with Gasteiger partial charge in [-0.25, -0.2) is 9.97 Å². The Balaban J connectivity index is 1.80. The number of morpholine rings is 1. The van der Waals surface area contributed by atoms with Crippen molar-refractivity contribution in [3.8, 4) is 0 Å². The zero-order valence-electron chi connectivity index (χ0n) is 13.5. The first-order valence-corrected chi connectivity index (χ1v) is 8.49. The van der Waals surface area contributed by atoms with Crippen molar-refractivity contribution >= 4 is 28.4 Å². The van der Waals surface area contributed by atoms with Crippen LogP contribution in [0.3, 0.4) is 0 Å². The van der Waals surface area contributed by atoms with Gasteiger partial charge in [-0.2, -0.15) is 0 Å². The fourth-order valence-corrected chi connectivity index (χ4v) is 3.15. The van der Waals surface area contributed by atoms with Gasteiger partial charge in [0.15, 0.2) is 5.16 Å². The Bertz CT molecular complexity index is 808. The van der Waals surface area contributed by atoms with E-state index in [1.165, 1.54) is 18.2 Å². The zero-order valence-corrected chi connectivity index (χ0v) is 14.4. The van der Waals surface area contributed by atoms with Crippen LogP contribution < -0.4 is 4.90 Å². The molecular formula is C16H16N4O4S. The molecular weight excluding hydrogens is 344 g/mol. The number of anilines is 1. The summed E-state index contributed by atoms with van der Waals surface area (Å²) < 4.78 is 5.34. The van der Waals surface area contributed by atoms with Crippen molar-refractivity contribution in [2.45, 2.75) is 12.1 Å². The van der Waals surface area contributed by atoms with Crippen LogP contribution in [0.1, 0.15) is 16.1 Å². The van der Waals surface area contributed by atoms with Crippen LogP contribution in [0, 0.1) is 17.0 Å². The molecule has 0 amide bonds. The minimum Gasteiger partial charge on any atom is -0.378 e. The molecule has 0 N–H and O–H groups in total. The highest BCUT2D eigenvalue weighted by Crippen LogP contribution is 2.25. The Kier molecular flexibility index (Phi) is 5.25. The van der Waals surface area contributed by atoms with E-state index in [4.69, 9.17) is 4.74 Å². The normalized spacial score (nSPS) is 14.4. The van der Waals surface area contributed by atoms with Gasteiger partial charge in [0.05, 0.1) is 18.1 Å². The lowest BCUT2D eigenvalue weighted by molar-refractivity contribution is -0.384. The predicted octanol–water partition coefficient (Wildman–Crippen LogP) is 2.46. The smallest absolute Gasteiger partial charge is 0.270 e. The second kappa shape index (κ2) is 7.58. The third-order valence-electron chi connectivity index (χ3n) is 3.63. The van der Waals surface area contributed by atoms with Crippen LogP contribution in [0.4, 0.5) is 11.5 Å². The molecule has 0 aliphatic carbocycles. The maximum Gasteiger partial charge on any atom is 0.270 e. The van der Waals surface area contributed by atoms with Gasteiger partial charge in [0, 0.05) is 42.5 Å². The summed E-state index contributed by atoms with van der Waals surface area (Å²) in [7, 11) is 0. The largest absolute Gasteiger partial charge is 0.378 e. The third-order valence-corrected chi connectivity index (χ3v) is 4.42. The van der Waals surface area contributed by atoms with Crippen LogP contribution >= 0.6 is 11.8 Å². The van der Waals surface area contributed by atoms with Gasteiger partial charge in [-0.3, -0.25) is 14.9 Å². The van der Waals surface area contributed by atoms with E-state index in [1.807, 2.05) is 13.0 Å². The quantitative estimate of drug-likeness (QED) is 0.355. The van der Waals surface area contributed by atoms with Crippen LogP contribution in [0.15, 0.2) is 35.5 Å². The van der Waals surface area contributed by atoms with Gasteiger partial charge in [0.2, 0.25) is 5.12 Å². The zero-order chi connectivity index (χ0) is 17.8. The van der Waals surface area contributed by atoms with Gasteiger partial charge in [0.25, 0.3) is 5.69 Å². The molecule has 25 heavy (non-hydrogen) atoms. The Morgan fingerprint density at radius 3 is 2.76 bits per heavy atom. The number of non-ortho nitro benzene ring substituents is 1. The van der Waals surface area contributed by atoms with Crippen molar-refractivity contribution < 1.29 is 14.5 Å². The molecule has 0 saturated carbocycles. The monoisotopic (exact) mass is 360 g/mol. The Morgan fingerprint density at radius 1 is 1.28 bits per heavy atom. The first kappa shape index (κ1) is 17.3. The number of aromatic nitrogens is 2. The maximum atomic E-state index is 12.4. The summed E-state index contributed by atoms with van der Waals surface area (Å²) in [6.07, 6.45) is 0. The highest BCUT2D eigenvalue weighted by molar-refractivity contribution is 8.14. The molecule has 1 aromatic heterocycles. The van der Waals surface area contributed by atoms with E-state index < -0.39 is 4.92 Å². The number of ether oxygens (including phenoxy) is 1. The number of nitro groups is 1. The van der Waals surface area contributed by atoms with E-state index in [0.717, 1.165) is 36.4 Å². The van der Waals surface area contributed by atoms with Crippen LogP contribution in [0.25, 0.3) is 0 Å². The second-order valence-electron chi connectivity index (χ2n) is 5.45. The molecule has 1 aliphatic heterocycles. The molecule has 2 aromatic rings. The van der Waals surface area contributed by atoms with E-state index in [2.05, 4.69) is 14.9 Å². The van der Waals surface area contributed by atoms with Gasteiger partial charge >= 0.3 is 0 Å². The molecule has 130 valence electrons. The molecule has 9 heteroatoms. The molecule has 0 spiro atoms. The van der Waals surface area contributed by atoms with E-state index in [0.29, 0.717) is 18.4 Å². The van der Waals surface area contributed by atoms with Gasteiger partial charge in [-0.05, 0) is 24.8 Å². The lowest BCUT2D eigenvalue weighted by Gasteiger charge is -2.28. The topological polar surface area (TPSA) is 98.5 Å². The first-order chi connectivity index (χ1) is 12.0. The van der Waals surface area contributed by atoms with E-state index in [1.54, 1.807) is 6.07 Å². The van der Waals surface area contributed by atoms with E-state index >= 15 is 0 Å². The summed E-state index contributed by atoms with van der Waals surface area (Å²) in [4.78, 5) is 33.6. The Hall–Kier alpha value is -2.52. The molecule has 1 fully saturated rings. The number of carbonyl (C=O) groups excluding carboxylic acids is 1. The van der Waals surface area contributed by atoms with Gasteiger partial charge in [-0.1, -0.05) is 6.07 Å². The molecule has 1 aliphatic rings. The van der Waals surface area contributed by atoms with Crippen molar-refractivity contribution in [2.24, 2.45) is 0 Å². The number of carbonyl (C=O) groups is 1. The summed E-state index contributed by atoms with van der Waals surface area (Å²) in [6.45, 7) is 4.59. The lowest BCUT2D eigenvalue weighted by Crippen LogP contribution is -2.36.